The molecule has 3 N–H and O–H groups in total. The number of aliphatic hydroxyl groups is 2. The first kappa shape index (κ1) is 26.0. The number of unbranched alkanes of at least 4 members (excludes halogenated alkanes) is 1. The molecule has 6 unspecified atom stereocenters. The van der Waals surface area contributed by atoms with Crippen LogP contribution in [-0.2, 0) is 9.59 Å². The van der Waals surface area contributed by atoms with Crippen molar-refractivity contribution in [2.45, 2.75) is 79.1 Å². The Kier molecular flexibility index (Phi) is 10.0. The molecule has 0 bridgehead atoms. The number of carbonyl (C=O) groups excluding carboxylic acids is 1. The highest BCUT2D eigenvalue weighted by Crippen LogP contribution is 2.49. The molecule has 7 heteroatoms. The molecule has 0 spiro atoms. The number of benzene rings is 1. The largest absolute Gasteiger partial charge is 0.481 e. The van der Waals surface area contributed by atoms with Crippen LogP contribution in [-0.4, -0.2) is 44.5 Å². The van der Waals surface area contributed by atoms with Crippen molar-refractivity contribution in [3.05, 3.63) is 54.1 Å². The molecule has 2 aliphatic rings. The summed E-state index contributed by atoms with van der Waals surface area (Å²) >= 11 is 8.37. The normalized spacial score (nSPS) is 28.5. The standard InChI is InChI=1S/C26H33ClO5S/c27-26-20-8-5-6-9-23(20)33-24(26)16-12-17(28)11-13-19-18(21(29)14-15-22(19)30)7-3-1-2-4-10-25(31)32/h1,3,5-6,8-9,11,13,17-19,22,24,26,28,30H,2,4,7,10,12,14-16H2,(H,31,32)/b3-1+,13-11+. The van der Waals surface area contributed by atoms with Gasteiger partial charge in [0.25, 0.3) is 0 Å². The third-order valence-corrected chi connectivity index (χ3v) is 8.58. The summed E-state index contributed by atoms with van der Waals surface area (Å²) in [5.41, 5.74) is 1.15. The van der Waals surface area contributed by atoms with Crippen LogP contribution in [0.3, 0.4) is 0 Å². The van der Waals surface area contributed by atoms with Crippen LogP contribution in [0.5, 0.6) is 0 Å². The van der Waals surface area contributed by atoms with Crippen LogP contribution in [0.4, 0.5) is 0 Å². The Labute approximate surface area is 204 Å². The van der Waals surface area contributed by atoms with Gasteiger partial charge in [0.05, 0.1) is 17.6 Å². The van der Waals surface area contributed by atoms with Crippen LogP contribution < -0.4 is 0 Å². The van der Waals surface area contributed by atoms with E-state index in [4.69, 9.17) is 16.7 Å². The lowest BCUT2D eigenvalue weighted by atomic mass is 9.74. The van der Waals surface area contributed by atoms with Crippen molar-refractivity contribution in [2.75, 3.05) is 0 Å². The van der Waals surface area contributed by atoms with Crippen LogP contribution in [0, 0.1) is 11.8 Å². The second kappa shape index (κ2) is 12.7. The number of alkyl halides is 1. The molecule has 1 aliphatic carbocycles. The fourth-order valence-electron chi connectivity index (χ4n) is 4.57. The van der Waals surface area contributed by atoms with Gasteiger partial charge in [0.2, 0.25) is 0 Å². The molecular formula is C26H33ClO5S. The zero-order chi connectivity index (χ0) is 23.8. The number of aliphatic carboxylic acids is 1. The molecule has 1 fully saturated rings. The molecule has 0 aromatic heterocycles. The number of carboxylic acids is 1. The van der Waals surface area contributed by atoms with E-state index >= 15 is 0 Å². The van der Waals surface area contributed by atoms with Gasteiger partial charge in [-0.1, -0.05) is 42.5 Å². The van der Waals surface area contributed by atoms with Crippen LogP contribution in [0.25, 0.3) is 0 Å². The van der Waals surface area contributed by atoms with E-state index in [1.54, 1.807) is 17.8 Å². The Morgan fingerprint density at radius 3 is 2.82 bits per heavy atom. The lowest BCUT2D eigenvalue weighted by Gasteiger charge is -2.32. The lowest BCUT2D eigenvalue weighted by Crippen LogP contribution is -2.37. The summed E-state index contributed by atoms with van der Waals surface area (Å²) in [7, 11) is 0. The maximum absolute atomic E-state index is 12.5. The Hall–Kier alpha value is -1.60. The molecule has 180 valence electrons. The van der Waals surface area contributed by atoms with E-state index in [1.807, 2.05) is 30.4 Å². The second-order valence-electron chi connectivity index (χ2n) is 8.87. The zero-order valence-corrected chi connectivity index (χ0v) is 20.3. The molecule has 1 heterocycles. The predicted molar refractivity (Wildman–Crippen MR) is 132 cm³/mol. The summed E-state index contributed by atoms with van der Waals surface area (Å²) in [5.74, 6) is -1.32. The van der Waals surface area contributed by atoms with E-state index < -0.39 is 18.2 Å². The minimum Gasteiger partial charge on any atom is -0.481 e. The molecule has 1 saturated carbocycles. The van der Waals surface area contributed by atoms with E-state index in [9.17, 15) is 19.8 Å². The van der Waals surface area contributed by atoms with Crippen LogP contribution in [0.2, 0.25) is 0 Å². The Bertz CT molecular complexity index is 870. The number of ketones is 1. The molecule has 6 atom stereocenters. The minimum atomic E-state index is -0.810. The molecule has 33 heavy (non-hydrogen) atoms. The highest BCUT2D eigenvalue weighted by molar-refractivity contribution is 8.00. The summed E-state index contributed by atoms with van der Waals surface area (Å²) in [6.45, 7) is 0. The Balaban J connectivity index is 1.50. The van der Waals surface area contributed by atoms with Crippen molar-refractivity contribution in [3.8, 4) is 0 Å². The van der Waals surface area contributed by atoms with Crippen molar-refractivity contribution in [3.63, 3.8) is 0 Å². The number of hydrogen-bond acceptors (Lipinski definition) is 5. The van der Waals surface area contributed by atoms with E-state index in [0.717, 1.165) is 12.0 Å². The number of rotatable bonds is 11. The molecule has 1 aromatic rings. The summed E-state index contributed by atoms with van der Waals surface area (Å²) in [6.07, 6.45) is 10.1. The van der Waals surface area contributed by atoms with Crippen molar-refractivity contribution >= 4 is 35.1 Å². The number of carboxylic acid groups (broad SMARTS) is 1. The van der Waals surface area contributed by atoms with Crippen molar-refractivity contribution in [1.82, 2.24) is 0 Å². The van der Waals surface area contributed by atoms with E-state index in [2.05, 4.69) is 12.1 Å². The van der Waals surface area contributed by atoms with Gasteiger partial charge in [-0.25, -0.2) is 0 Å². The van der Waals surface area contributed by atoms with Gasteiger partial charge in [-0.2, -0.15) is 0 Å². The molecule has 0 amide bonds. The maximum Gasteiger partial charge on any atom is 0.303 e. The fourth-order valence-corrected chi connectivity index (χ4v) is 6.44. The summed E-state index contributed by atoms with van der Waals surface area (Å²) < 4.78 is 0. The van der Waals surface area contributed by atoms with E-state index in [-0.39, 0.29) is 34.7 Å². The highest BCUT2D eigenvalue weighted by Gasteiger charge is 2.35. The molecule has 0 saturated heterocycles. The first-order valence-electron chi connectivity index (χ1n) is 11.7. The lowest BCUT2D eigenvalue weighted by molar-refractivity contribution is -0.137. The average molecular weight is 493 g/mol. The highest BCUT2D eigenvalue weighted by atomic mass is 35.5. The third kappa shape index (κ3) is 7.44. The van der Waals surface area contributed by atoms with Gasteiger partial charge < -0.3 is 15.3 Å². The first-order valence-corrected chi connectivity index (χ1v) is 13.0. The summed E-state index contributed by atoms with van der Waals surface area (Å²) in [6, 6.07) is 8.13. The molecule has 3 rings (SSSR count). The van der Waals surface area contributed by atoms with Gasteiger partial charge in [-0.05, 0) is 50.2 Å². The quantitative estimate of drug-likeness (QED) is 0.220. The van der Waals surface area contributed by atoms with Crippen LogP contribution in [0.1, 0.15) is 62.3 Å². The number of allylic oxidation sites excluding steroid dienone is 2. The molecule has 0 radical (unpaired) electrons. The van der Waals surface area contributed by atoms with Gasteiger partial charge in [0, 0.05) is 34.8 Å². The van der Waals surface area contributed by atoms with Gasteiger partial charge in [-0.3, -0.25) is 9.59 Å². The number of halogens is 1. The predicted octanol–water partition coefficient (Wildman–Crippen LogP) is 5.30. The van der Waals surface area contributed by atoms with E-state index in [0.29, 0.717) is 38.5 Å². The summed E-state index contributed by atoms with van der Waals surface area (Å²) in [4.78, 5) is 24.3. The van der Waals surface area contributed by atoms with Gasteiger partial charge >= 0.3 is 5.97 Å². The Morgan fingerprint density at radius 1 is 1.27 bits per heavy atom. The smallest absolute Gasteiger partial charge is 0.303 e. The van der Waals surface area contributed by atoms with Gasteiger partial charge in [0.15, 0.2) is 0 Å². The van der Waals surface area contributed by atoms with Crippen molar-refractivity contribution in [1.29, 1.82) is 0 Å². The van der Waals surface area contributed by atoms with Crippen molar-refractivity contribution < 1.29 is 24.9 Å². The third-order valence-electron chi connectivity index (χ3n) is 6.45. The number of hydrogen-bond donors (Lipinski definition) is 3. The number of Topliss-reactive ketones (excluding diaryl/α,β-unsaturated/α-hetero) is 1. The fraction of sp³-hybridized carbons (Fsp3) is 0.538. The van der Waals surface area contributed by atoms with Gasteiger partial charge in [-0.15, -0.1) is 23.4 Å². The first-order chi connectivity index (χ1) is 15.9. The monoisotopic (exact) mass is 492 g/mol. The Morgan fingerprint density at radius 2 is 2.06 bits per heavy atom. The zero-order valence-electron chi connectivity index (χ0n) is 18.7. The van der Waals surface area contributed by atoms with Crippen molar-refractivity contribution in [2.24, 2.45) is 11.8 Å². The molecule has 5 nitrogen and oxygen atoms in total. The molecular weight excluding hydrogens is 460 g/mol. The number of thioether (sulfide) groups is 1. The topological polar surface area (TPSA) is 94.8 Å². The second-order valence-corrected chi connectivity index (χ2v) is 10.6. The number of fused-ring (bicyclic) bond motifs is 1. The maximum atomic E-state index is 12.5. The van der Waals surface area contributed by atoms with Crippen LogP contribution >= 0.6 is 23.4 Å². The molecule has 1 aromatic carbocycles. The van der Waals surface area contributed by atoms with Crippen LogP contribution in [0.15, 0.2) is 53.5 Å². The minimum absolute atomic E-state index is 0.0631. The SMILES string of the molecule is O=C(O)CCC/C=C/CC1C(=O)CCC(O)C1/C=C/C(O)CCC1Sc2ccccc2C1Cl. The average Bonchev–Trinajstić information content (AvgIpc) is 3.11. The number of carbonyl (C=O) groups is 2. The van der Waals surface area contributed by atoms with Gasteiger partial charge in [0.1, 0.15) is 5.78 Å². The molecule has 1 aliphatic heterocycles. The number of aliphatic hydroxyl groups excluding tert-OH is 2. The van der Waals surface area contributed by atoms with E-state index in [1.165, 1.54) is 4.90 Å². The summed E-state index contributed by atoms with van der Waals surface area (Å²) in [5, 5.41) is 29.9.